The van der Waals surface area contributed by atoms with Crippen molar-refractivity contribution in [2.75, 3.05) is 0 Å². The molecule has 1 nitrogen and oxygen atoms in total. The lowest BCUT2D eigenvalue weighted by molar-refractivity contribution is -0.116. The summed E-state index contributed by atoms with van der Waals surface area (Å²) in [5.74, 6) is 5.83. The van der Waals surface area contributed by atoms with Gasteiger partial charge < -0.3 is 0 Å². The van der Waals surface area contributed by atoms with Crippen LogP contribution in [0.5, 0.6) is 0 Å². The van der Waals surface area contributed by atoms with E-state index in [2.05, 4.69) is 26.8 Å². The molecule has 3 fully saturated rings. The fourth-order valence-electron chi connectivity index (χ4n) is 8.23. The molecule has 0 saturated heterocycles. The molecule has 4 aliphatic carbocycles. The van der Waals surface area contributed by atoms with Gasteiger partial charge in [-0.15, -0.1) is 0 Å². The quantitative estimate of drug-likeness (QED) is 0.564. The van der Waals surface area contributed by atoms with Crippen LogP contribution in [-0.4, -0.2) is 5.78 Å². The molecule has 0 amide bonds. The molecule has 0 heterocycles. The normalized spacial score (nSPS) is 46.2. The van der Waals surface area contributed by atoms with Crippen LogP contribution in [0, 0.1) is 40.9 Å². The topological polar surface area (TPSA) is 17.1 Å². The van der Waals surface area contributed by atoms with Gasteiger partial charge in [-0.25, -0.2) is 0 Å². The van der Waals surface area contributed by atoms with Crippen molar-refractivity contribution in [3.8, 4) is 0 Å². The van der Waals surface area contributed by atoms with E-state index in [0.29, 0.717) is 11.2 Å². The maximum Gasteiger partial charge on any atom is 0.155 e. The molecule has 0 aromatic heterocycles. The summed E-state index contributed by atoms with van der Waals surface area (Å²) in [5, 5.41) is 0. The molecule has 1 heteroatoms. The third-order valence-electron chi connectivity index (χ3n) is 9.18. The second kappa shape index (κ2) is 6.86. The van der Waals surface area contributed by atoms with Crippen LogP contribution in [0.25, 0.3) is 0 Å². The minimum atomic E-state index is 0.405. The summed E-state index contributed by atoms with van der Waals surface area (Å²) in [4.78, 5) is 12.0. The van der Waals surface area contributed by atoms with Gasteiger partial charge in [-0.1, -0.05) is 45.6 Å². The second-order valence-electron chi connectivity index (χ2n) is 9.74. The van der Waals surface area contributed by atoms with Crippen molar-refractivity contribution in [3.05, 3.63) is 11.6 Å². The van der Waals surface area contributed by atoms with Gasteiger partial charge in [0.1, 0.15) is 0 Å². The standard InChI is InChI=1S/C24H38O/c1-4-7-18-8-11-22-23-16(5-2)14-17-15-19(25)9-10-20(17)21(23)12-13-24(18,22)6-3/h15-16,18,20-23H,4-14H2,1-3H3. The van der Waals surface area contributed by atoms with E-state index >= 15 is 0 Å². The van der Waals surface area contributed by atoms with Crippen LogP contribution in [0.15, 0.2) is 11.6 Å². The Bertz CT molecular complexity index is 546. The molecule has 25 heavy (non-hydrogen) atoms. The first-order valence-electron chi connectivity index (χ1n) is 11.4. The van der Waals surface area contributed by atoms with Crippen LogP contribution < -0.4 is 0 Å². The molecule has 4 aliphatic rings. The number of hydrogen-bond acceptors (Lipinski definition) is 1. The zero-order valence-electron chi connectivity index (χ0n) is 16.7. The highest BCUT2D eigenvalue weighted by atomic mass is 16.1. The first-order valence-corrected chi connectivity index (χ1v) is 11.4. The number of hydrogen-bond donors (Lipinski definition) is 0. The van der Waals surface area contributed by atoms with Crippen LogP contribution in [0.3, 0.4) is 0 Å². The monoisotopic (exact) mass is 342 g/mol. The van der Waals surface area contributed by atoms with Crippen LogP contribution in [0.4, 0.5) is 0 Å². The van der Waals surface area contributed by atoms with Crippen LogP contribution in [0.2, 0.25) is 0 Å². The fraction of sp³-hybridized carbons (Fsp3) is 0.875. The van der Waals surface area contributed by atoms with Crippen molar-refractivity contribution in [2.45, 2.75) is 91.4 Å². The van der Waals surface area contributed by atoms with Gasteiger partial charge in [0.15, 0.2) is 5.78 Å². The molecule has 7 unspecified atom stereocenters. The highest BCUT2D eigenvalue weighted by Gasteiger charge is 2.58. The summed E-state index contributed by atoms with van der Waals surface area (Å²) in [5.41, 5.74) is 2.22. The summed E-state index contributed by atoms with van der Waals surface area (Å²) in [6, 6.07) is 0. The van der Waals surface area contributed by atoms with Gasteiger partial charge >= 0.3 is 0 Å². The van der Waals surface area contributed by atoms with E-state index in [1.54, 1.807) is 5.57 Å². The molecule has 0 spiro atoms. The zero-order valence-corrected chi connectivity index (χ0v) is 16.7. The highest BCUT2D eigenvalue weighted by Crippen LogP contribution is 2.67. The maximum atomic E-state index is 12.0. The fourth-order valence-corrected chi connectivity index (χ4v) is 8.23. The molecule has 3 saturated carbocycles. The van der Waals surface area contributed by atoms with Gasteiger partial charge in [0.05, 0.1) is 0 Å². The SMILES string of the molecule is CCCC1CCC2C3C(CC)CC4=CC(=O)CCC4C3CCC12CC. The molecule has 0 radical (unpaired) electrons. The van der Waals surface area contributed by atoms with Crippen LogP contribution in [0.1, 0.15) is 91.4 Å². The second-order valence-corrected chi connectivity index (χ2v) is 9.74. The number of ketones is 1. The smallest absolute Gasteiger partial charge is 0.155 e. The Kier molecular flexibility index (Phi) is 4.88. The molecular weight excluding hydrogens is 304 g/mol. The Hall–Kier alpha value is -0.590. The molecule has 140 valence electrons. The first-order chi connectivity index (χ1) is 12.1. The van der Waals surface area contributed by atoms with Crippen molar-refractivity contribution in [2.24, 2.45) is 40.9 Å². The third kappa shape index (κ3) is 2.67. The molecule has 0 aromatic carbocycles. The Morgan fingerprint density at radius 2 is 1.96 bits per heavy atom. The van der Waals surface area contributed by atoms with Gasteiger partial charge in [-0.05, 0) is 91.9 Å². The lowest BCUT2D eigenvalue weighted by Crippen LogP contribution is -2.50. The molecule has 0 N–H and O–H groups in total. The average Bonchev–Trinajstić information content (AvgIpc) is 2.99. The van der Waals surface area contributed by atoms with Gasteiger partial charge in [0.25, 0.3) is 0 Å². The van der Waals surface area contributed by atoms with E-state index in [0.717, 1.165) is 48.3 Å². The van der Waals surface area contributed by atoms with E-state index < -0.39 is 0 Å². The van der Waals surface area contributed by atoms with E-state index in [1.165, 1.54) is 57.8 Å². The maximum absolute atomic E-state index is 12.0. The van der Waals surface area contributed by atoms with Crippen molar-refractivity contribution in [1.29, 1.82) is 0 Å². The van der Waals surface area contributed by atoms with E-state index in [1.807, 2.05) is 0 Å². The third-order valence-corrected chi connectivity index (χ3v) is 9.18. The largest absolute Gasteiger partial charge is 0.295 e. The van der Waals surface area contributed by atoms with Gasteiger partial charge in [-0.3, -0.25) is 4.79 Å². The lowest BCUT2D eigenvalue weighted by atomic mass is 9.47. The Balaban J connectivity index is 1.67. The zero-order chi connectivity index (χ0) is 17.6. The summed E-state index contributed by atoms with van der Waals surface area (Å²) in [7, 11) is 0. The number of carbonyl (C=O) groups excluding carboxylic acids is 1. The van der Waals surface area contributed by atoms with E-state index in [9.17, 15) is 4.79 Å². The highest BCUT2D eigenvalue weighted by molar-refractivity contribution is 5.91. The molecule has 7 atom stereocenters. The average molecular weight is 343 g/mol. The van der Waals surface area contributed by atoms with Gasteiger partial charge in [0.2, 0.25) is 0 Å². The number of carbonyl (C=O) groups is 1. The summed E-state index contributed by atoms with van der Waals surface area (Å²) in [6.07, 6.45) is 16.8. The lowest BCUT2D eigenvalue weighted by Gasteiger charge is -2.57. The molecular formula is C24H38O. The van der Waals surface area contributed by atoms with Crippen molar-refractivity contribution in [1.82, 2.24) is 0 Å². The van der Waals surface area contributed by atoms with Gasteiger partial charge in [-0.2, -0.15) is 0 Å². The van der Waals surface area contributed by atoms with Crippen molar-refractivity contribution >= 4 is 5.78 Å². The Morgan fingerprint density at radius 3 is 2.68 bits per heavy atom. The number of rotatable bonds is 4. The predicted octanol–water partition coefficient (Wildman–Crippen LogP) is 6.57. The molecule has 0 bridgehead atoms. The summed E-state index contributed by atoms with van der Waals surface area (Å²) < 4.78 is 0. The summed E-state index contributed by atoms with van der Waals surface area (Å²) >= 11 is 0. The van der Waals surface area contributed by atoms with Crippen LogP contribution >= 0.6 is 0 Å². The molecule has 0 aliphatic heterocycles. The number of fused-ring (bicyclic) bond motifs is 5. The summed E-state index contributed by atoms with van der Waals surface area (Å²) in [6.45, 7) is 7.29. The van der Waals surface area contributed by atoms with Crippen LogP contribution in [-0.2, 0) is 4.79 Å². The van der Waals surface area contributed by atoms with E-state index in [4.69, 9.17) is 0 Å². The van der Waals surface area contributed by atoms with Crippen molar-refractivity contribution < 1.29 is 4.79 Å². The first kappa shape index (κ1) is 17.8. The van der Waals surface area contributed by atoms with Gasteiger partial charge in [0, 0.05) is 6.42 Å². The predicted molar refractivity (Wildman–Crippen MR) is 104 cm³/mol. The minimum absolute atomic E-state index is 0.405. The molecule has 4 rings (SSSR count). The Morgan fingerprint density at radius 1 is 1.12 bits per heavy atom. The number of allylic oxidation sites excluding steroid dienone is 1. The van der Waals surface area contributed by atoms with E-state index in [-0.39, 0.29) is 0 Å². The minimum Gasteiger partial charge on any atom is -0.295 e. The molecule has 0 aromatic rings. The van der Waals surface area contributed by atoms with Crippen molar-refractivity contribution in [3.63, 3.8) is 0 Å². The Labute approximate surface area is 155 Å².